The summed E-state index contributed by atoms with van der Waals surface area (Å²) in [6.07, 6.45) is 1.47. The fourth-order valence-corrected chi connectivity index (χ4v) is 4.64. The van der Waals surface area contributed by atoms with Crippen LogP contribution in [0.3, 0.4) is 0 Å². The summed E-state index contributed by atoms with van der Waals surface area (Å²) >= 11 is 9.54. The first-order valence-corrected chi connectivity index (χ1v) is 12.4. The van der Waals surface area contributed by atoms with Gasteiger partial charge in [0.2, 0.25) is 0 Å². The number of carbonyl (C=O) groups excluding carboxylic acids is 1. The largest absolute Gasteiger partial charge is 0.492 e. The summed E-state index contributed by atoms with van der Waals surface area (Å²) in [7, 11) is 0. The maximum absolute atomic E-state index is 12.4. The quantitative estimate of drug-likeness (QED) is 0.176. The SMILES string of the molecule is CCOc1c(Br)cc(Cl)cc1/C=N/NC(=O)c1ccc(COc2ccc(-n3c(C)ccc3C)cc2)o1. The van der Waals surface area contributed by atoms with E-state index in [-0.39, 0.29) is 12.4 Å². The number of nitrogens with one attached hydrogen (secondary N) is 1. The van der Waals surface area contributed by atoms with Gasteiger partial charge in [0.25, 0.3) is 0 Å². The zero-order chi connectivity index (χ0) is 25.7. The summed E-state index contributed by atoms with van der Waals surface area (Å²) in [6, 6.07) is 18.7. The van der Waals surface area contributed by atoms with Crippen LogP contribution in [0.15, 0.2) is 74.7 Å². The van der Waals surface area contributed by atoms with Crippen LogP contribution in [0, 0.1) is 13.8 Å². The van der Waals surface area contributed by atoms with E-state index in [9.17, 15) is 4.79 Å². The van der Waals surface area contributed by atoms with Crippen LogP contribution < -0.4 is 14.9 Å². The average molecular weight is 571 g/mol. The Balaban J connectivity index is 1.34. The Bertz CT molecular complexity index is 1370. The average Bonchev–Trinajstić information content (AvgIpc) is 3.46. The highest BCUT2D eigenvalue weighted by Gasteiger charge is 2.12. The number of rotatable bonds is 9. The normalized spacial score (nSPS) is 11.1. The summed E-state index contributed by atoms with van der Waals surface area (Å²) in [5.41, 5.74) is 6.48. The van der Waals surface area contributed by atoms with E-state index < -0.39 is 5.91 Å². The molecule has 0 saturated carbocycles. The first kappa shape index (κ1) is 25.6. The molecular weight excluding hydrogens is 546 g/mol. The number of halogens is 2. The highest BCUT2D eigenvalue weighted by molar-refractivity contribution is 9.10. The molecule has 0 radical (unpaired) electrons. The third kappa shape index (κ3) is 6.01. The van der Waals surface area contributed by atoms with Crippen molar-refractivity contribution in [1.82, 2.24) is 9.99 Å². The van der Waals surface area contributed by atoms with Gasteiger partial charge in [-0.15, -0.1) is 0 Å². The number of furan rings is 1. The molecule has 0 atom stereocenters. The summed E-state index contributed by atoms with van der Waals surface area (Å²) in [5.74, 6) is 1.44. The van der Waals surface area contributed by atoms with Crippen molar-refractivity contribution >= 4 is 39.7 Å². The molecule has 0 unspecified atom stereocenters. The van der Waals surface area contributed by atoms with Gasteiger partial charge in [-0.05, 0) is 97.4 Å². The van der Waals surface area contributed by atoms with E-state index in [0.29, 0.717) is 38.9 Å². The van der Waals surface area contributed by atoms with Crippen molar-refractivity contribution in [2.75, 3.05) is 6.61 Å². The molecule has 2 heterocycles. The lowest BCUT2D eigenvalue weighted by molar-refractivity contribution is 0.0923. The minimum atomic E-state index is -0.488. The smallest absolute Gasteiger partial charge is 0.307 e. The lowest BCUT2D eigenvalue weighted by atomic mass is 10.2. The Morgan fingerprint density at radius 2 is 1.81 bits per heavy atom. The number of hydrazone groups is 1. The molecule has 0 spiro atoms. The van der Waals surface area contributed by atoms with Crippen LogP contribution in [0.25, 0.3) is 5.69 Å². The Kier molecular flexibility index (Phi) is 8.18. The van der Waals surface area contributed by atoms with Crippen molar-refractivity contribution in [3.8, 4) is 17.2 Å². The molecule has 0 aliphatic carbocycles. The van der Waals surface area contributed by atoms with E-state index in [4.69, 9.17) is 25.5 Å². The van der Waals surface area contributed by atoms with Gasteiger partial charge >= 0.3 is 5.91 Å². The zero-order valence-corrected chi connectivity index (χ0v) is 22.4. The Morgan fingerprint density at radius 3 is 2.50 bits per heavy atom. The number of nitrogens with zero attached hydrogens (tertiary/aromatic N) is 2. The molecule has 2 aromatic carbocycles. The second-order valence-electron chi connectivity index (χ2n) is 7.94. The third-order valence-electron chi connectivity index (χ3n) is 5.33. The van der Waals surface area contributed by atoms with Crippen LogP contribution in [0.4, 0.5) is 0 Å². The second kappa shape index (κ2) is 11.5. The van der Waals surface area contributed by atoms with E-state index in [1.807, 2.05) is 31.2 Å². The molecule has 1 N–H and O–H groups in total. The highest BCUT2D eigenvalue weighted by Crippen LogP contribution is 2.32. The number of carbonyl (C=O) groups is 1. The molecule has 2 aromatic heterocycles. The van der Waals surface area contributed by atoms with Crippen LogP contribution in [0.1, 0.15) is 40.2 Å². The Morgan fingerprint density at radius 1 is 1.08 bits per heavy atom. The van der Waals surface area contributed by atoms with Crippen LogP contribution in [0.5, 0.6) is 11.5 Å². The number of amides is 1. The fourth-order valence-electron chi connectivity index (χ4n) is 3.69. The van der Waals surface area contributed by atoms with Gasteiger partial charge in [-0.1, -0.05) is 11.6 Å². The van der Waals surface area contributed by atoms with Gasteiger partial charge in [0.05, 0.1) is 17.3 Å². The van der Waals surface area contributed by atoms with E-state index in [1.54, 1.807) is 24.3 Å². The van der Waals surface area contributed by atoms with Crippen molar-refractivity contribution in [2.45, 2.75) is 27.4 Å². The van der Waals surface area contributed by atoms with Crippen molar-refractivity contribution in [3.05, 3.63) is 98.6 Å². The molecule has 0 fully saturated rings. The van der Waals surface area contributed by atoms with Gasteiger partial charge in [0.15, 0.2) is 5.76 Å². The fraction of sp³-hybridized carbons (Fsp3) is 0.185. The standard InChI is InChI=1S/C27H25BrClN3O4/c1-4-34-26-19(13-20(29)14-24(26)28)15-30-31-27(33)25-12-11-23(36-25)16-35-22-9-7-21(8-10-22)32-17(2)5-6-18(32)3/h5-15H,4,16H2,1-3H3,(H,31,33)/b30-15+. The molecule has 186 valence electrons. The maximum Gasteiger partial charge on any atom is 0.307 e. The van der Waals surface area contributed by atoms with E-state index in [2.05, 4.69) is 57.0 Å². The summed E-state index contributed by atoms with van der Waals surface area (Å²) < 4.78 is 19.9. The number of benzene rings is 2. The predicted molar refractivity (Wildman–Crippen MR) is 144 cm³/mol. The van der Waals surface area contributed by atoms with Gasteiger partial charge in [-0.3, -0.25) is 4.79 Å². The molecular formula is C27H25BrClN3O4. The minimum absolute atomic E-state index is 0.122. The Labute approximate surface area is 222 Å². The molecule has 9 heteroatoms. The summed E-state index contributed by atoms with van der Waals surface area (Å²) in [5, 5.41) is 4.52. The maximum atomic E-state index is 12.4. The van der Waals surface area contributed by atoms with Crippen molar-refractivity contribution < 1.29 is 18.7 Å². The van der Waals surface area contributed by atoms with E-state index in [1.165, 1.54) is 17.6 Å². The first-order valence-electron chi connectivity index (χ1n) is 11.3. The molecule has 0 bridgehead atoms. The molecule has 7 nitrogen and oxygen atoms in total. The van der Waals surface area contributed by atoms with Gasteiger partial charge in [0, 0.05) is 27.7 Å². The van der Waals surface area contributed by atoms with E-state index >= 15 is 0 Å². The van der Waals surface area contributed by atoms with Crippen LogP contribution in [-0.4, -0.2) is 23.3 Å². The molecule has 4 aromatic rings. The van der Waals surface area contributed by atoms with Crippen LogP contribution in [-0.2, 0) is 6.61 Å². The number of hydrogen-bond donors (Lipinski definition) is 1. The Hall–Kier alpha value is -3.49. The number of aromatic nitrogens is 1. The molecule has 1 amide bonds. The van der Waals surface area contributed by atoms with Gasteiger partial charge in [-0.25, -0.2) is 5.43 Å². The molecule has 36 heavy (non-hydrogen) atoms. The predicted octanol–water partition coefficient (Wildman–Crippen LogP) is 6.84. The summed E-state index contributed by atoms with van der Waals surface area (Å²) in [4.78, 5) is 12.4. The van der Waals surface area contributed by atoms with Crippen LogP contribution in [0.2, 0.25) is 5.02 Å². The van der Waals surface area contributed by atoms with Crippen molar-refractivity contribution in [2.24, 2.45) is 5.10 Å². The zero-order valence-electron chi connectivity index (χ0n) is 20.0. The van der Waals surface area contributed by atoms with Gasteiger partial charge < -0.3 is 18.5 Å². The monoisotopic (exact) mass is 569 g/mol. The number of ether oxygens (including phenoxy) is 2. The van der Waals surface area contributed by atoms with Gasteiger partial charge in [-0.2, -0.15) is 5.10 Å². The van der Waals surface area contributed by atoms with E-state index in [0.717, 1.165) is 5.69 Å². The second-order valence-corrected chi connectivity index (χ2v) is 9.23. The number of hydrogen-bond acceptors (Lipinski definition) is 5. The van der Waals surface area contributed by atoms with Crippen molar-refractivity contribution in [1.29, 1.82) is 0 Å². The topological polar surface area (TPSA) is 78.0 Å². The lowest BCUT2D eigenvalue weighted by Crippen LogP contribution is -2.17. The lowest BCUT2D eigenvalue weighted by Gasteiger charge is -2.10. The molecule has 0 aliphatic rings. The van der Waals surface area contributed by atoms with Crippen molar-refractivity contribution in [3.63, 3.8) is 0 Å². The van der Waals surface area contributed by atoms with Crippen LogP contribution >= 0.6 is 27.5 Å². The minimum Gasteiger partial charge on any atom is -0.492 e. The summed E-state index contributed by atoms with van der Waals surface area (Å²) in [6.45, 7) is 6.68. The molecule has 4 rings (SSSR count). The highest BCUT2D eigenvalue weighted by atomic mass is 79.9. The van der Waals surface area contributed by atoms with Gasteiger partial charge in [0.1, 0.15) is 23.9 Å². The number of aryl methyl sites for hydroxylation is 2. The molecule has 0 aliphatic heterocycles. The third-order valence-corrected chi connectivity index (χ3v) is 6.14. The molecule has 0 saturated heterocycles. The first-order chi connectivity index (χ1) is 17.4.